The lowest BCUT2D eigenvalue weighted by molar-refractivity contribution is -0.137. The molecule has 118 valence electrons. The molecule has 0 unspecified atom stereocenters. The molecule has 0 fully saturated rings. The first-order chi connectivity index (χ1) is 11.1. The molecular weight excluding hydrogens is 296 g/mol. The normalized spacial score (nSPS) is 10.7. The smallest absolute Gasteiger partial charge is 0.323 e. The number of carbonyl (C=O) groups is 1. The maximum atomic E-state index is 11.1. The summed E-state index contributed by atoms with van der Waals surface area (Å²) in [6.07, 6.45) is 3.46. The Bertz CT molecular complexity index is 870. The fourth-order valence-corrected chi connectivity index (χ4v) is 2.62. The summed E-state index contributed by atoms with van der Waals surface area (Å²) in [5.41, 5.74) is 2.32. The van der Waals surface area contributed by atoms with Crippen LogP contribution >= 0.6 is 0 Å². The van der Waals surface area contributed by atoms with Gasteiger partial charge in [0.15, 0.2) is 11.5 Å². The number of pyridine rings is 1. The topological polar surface area (TPSA) is 73.6 Å². The van der Waals surface area contributed by atoms with Gasteiger partial charge in [-0.05, 0) is 30.3 Å². The summed E-state index contributed by atoms with van der Waals surface area (Å²) >= 11 is 0. The van der Waals surface area contributed by atoms with Gasteiger partial charge in [-0.25, -0.2) is 0 Å². The quantitative estimate of drug-likeness (QED) is 0.784. The van der Waals surface area contributed by atoms with Crippen molar-refractivity contribution in [2.24, 2.45) is 0 Å². The van der Waals surface area contributed by atoms with Crippen LogP contribution in [0, 0.1) is 0 Å². The van der Waals surface area contributed by atoms with Crippen molar-refractivity contribution in [3.8, 4) is 22.8 Å². The number of fused-ring (bicyclic) bond motifs is 1. The third-order valence-corrected chi connectivity index (χ3v) is 3.64. The van der Waals surface area contributed by atoms with Crippen molar-refractivity contribution in [3.63, 3.8) is 0 Å². The lowest BCUT2D eigenvalue weighted by atomic mass is 10.1. The first-order valence-electron chi connectivity index (χ1n) is 7.02. The van der Waals surface area contributed by atoms with Gasteiger partial charge < -0.3 is 19.1 Å². The zero-order valence-corrected chi connectivity index (χ0v) is 12.8. The highest BCUT2D eigenvalue weighted by Gasteiger charge is 2.14. The molecule has 1 aromatic carbocycles. The highest BCUT2D eigenvalue weighted by Crippen LogP contribution is 2.34. The average Bonchev–Trinajstić information content (AvgIpc) is 2.96. The maximum absolute atomic E-state index is 11.1. The van der Waals surface area contributed by atoms with Crippen LogP contribution in [0.25, 0.3) is 22.2 Å². The number of carboxylic acid groups (broad SMARTS) is 1. The molecule has 3 rings (SSSR count). The molecule has 0 atom stereocenters. The third kappa shape index (κ3) is 2.70. The van der Waals surface area contributed by atoms with Crippen LogP contribution in [0.2, 0.25) is 0 Å². The third-order valence-electron chi connectivity index (χ3n) is 3.64. The Morgan fingerprint density at radius 2 is 1.96 bits per heavy atom. The minimum absolute atomic E-state index is 0.116. The Hall–Kier alpha value is -3.02. The number of aliphatic carboxylic acids is 1. The fraction of sp³-hybridized carbons (Fsp3) is 0.176. The van der Waals surface area contributed by atoms with Crippen molar-refractivity contribution >= 4 is 16.9 Å². The Morgan fingerprint density at radius 3 is 2.65 bits per heavy atom. The Balaban J connectivity index is 2.19. The molecular formula is C17H16N2O4. The van der Waals surface area contributed by atoms with Crippen molar-refractivity contribution in [2.45, 2.75) is 6.54 Å². The van der Waals surface area contributed by atoms with Crippen LogP contribution in [-0.4, -0.2) is 34.8 Å². The second-order valence-corrected chi connectivity index (χ2v) is 5.00. The molecule has 23 heavy (non-hydrogen) atoms. The van der Waals surface area contributed by atoms with Gasteiger partial charge in [0.2, 0.25) is 0 Å². The zero-order chi connectivity index (χ0) is 16.4. The van der Waals surface area contributed by atoms with Gasteiger partial charge in [-0.1, -0.05) is 0 Å². The minimum atomic E-state index is -0.899. The van der Waals surface area contributed by atoms with Gasteiger partial charge in [0.1, 0.15) is 6.54 Å². The molecule has 0 amide bonds. The molecule has 1 N–H and O–H groups in total. The van der Waals surface area contributed by atoms with Gasteiger partial charge in [-0.15, -0.1) is 0 Å². The number of nitrogens with zero attached hydrogens (tertiary/aromatic N) is 2. The number of hydrogen-bond acceptors (Lipinski definition) is 4. The summed E-state index contributed by atoms with van der Waals surface area (Å²) in [5, 5.41) is 10.0. The van der Waals surface area contributed by atoms with Gasteiger partial charge >= 0.3 is 5.97 Å². The van der Waals surface area contributed by atoms with Crippen LogP contribution < -0.4 is 9.47 Å². The second kappa shape index (κ2) is 6.00. The largest absolute Gasteiger partial charge is 0.493 e. The fourth-order valence-electron chi connectivity index (χ4n) is 2.62. The standard InChI is InChI=1S/C17H16N2O4/c1-22-13-4-3-12(9-14(13)23-2)16-17-11(5-7-18-16)6-8-19(17)10-15(20)21/h3-9H,10H2,1-2H3,(H,20,21). The summed E-state index contributed by atoms with van der Waals surface area (Å²) in [4.78, 5) is 15.5. The van der Waals surface area contributed by atoms with Crippen molar-refractivity contribution in [1.29, 1.82) is 0 Å². The summed E-state index contributed by atoms with van der Waals surface area (Å²) in [5.74, 6) is 0.328. The van der Waals surface area contributed by atoms with Crippen molar-refractivity contribution in [1.82, 2.24) is 9.55 Å². The molecule has 0 aliphatic rings. The Morgan fingerprint density at radius 1 is 1.17 bits per heavy atom. The van der Waals surface area contributed by atoms with E-state index in [-0.39, 0.29) is 6.54 Å². The molecule has 3 aromatic rings. The number of carboxylic acids is 1. The van der Waals surface area contributed by atoms with Crippen LogP contribution in [0.4, 0.5) is 0 Å². The Kier molecular flexibility index (Phi) is 3.89. The zero-order valence-electron chi connectivity index (χ0n) is 12.8. The number of aromatic nitrogens is 2. The molecule has 0 bridgehead atoms. The van der Waals surface area contributed by atoms with E-state index in [2.05, 4.69) is 4.98 Å². The molecule has 0 radical (unpaired) electrons. The number of benzene rings is 1. The van der Waals surface area contributed by atoms with Crippen LogP contribution in [0.1, 0.15) is 0 Å². The van der Waals surface area contributed by atoms with Crippen LogP contribution in [0.15, 0.2) is 42.7 Å². The monoisotopic (exact) mass is 312 g/mol. The van der Waals surface area contributed by atoms with E-state index >= 15 is 0 Å². The first kappa shape index (κ1) is 14.9. The van der Waals surface area contributed by atoms with E-state index in [1.807, 2.05) is 24.3 Å². The highest BCUT2D eigenvalue weighted by molar-refractivity contribution is 5.93. The van der Waals surface area contributed by atoms with E-state index in [9.17, 15) is 4.79 Å². The van der Waals surface area contributed by atoms with Gasteiger partial charge in [-0.2, -0.15) is 0 Å². The van der Waals surface area contributed by atoms with Gasteiger partial charge in [0, 0.05) is 23.3 Å². The molecule has 0 aliphatic carbocycles. The molecule has 6 heteroatoms. The summed E-state index contributed by atoms with van der Waals surface area (Å²) in [6, 6.07) is 9.25. The summed E-state index contributed by atoms with van der Waals surface area (Å²) in [6.45, 7) is -0.116. The van der Waals surface area contributed by atoms with E-state index in [1.165, 1.54) is 0 Å². The SMILES string of the molecule is COc1ccc(-c2nccc3ccn(CC(=O)O)c23)cc1OC. The summed E-state index contributed by atoms with van der Waals surface area (Å²) in [7, 11) is 3.15. The minimum Gasteiger partial charge on any atom is -0.493 e. The van der Waals surface area contributed by atoms with E-state index in [0.717, 1.165) is 16.5 Å². The van der Waals surface area contributed by atoms with E-state index < -0.39 is 5.97 Å². The van der Waals surface area contributed by atoms with Crippen LogP contribution in [0.3, 0.4) is 0 Å². The predicted octanol–water partition coefficient (Wildman–Crippen LogP) is 2.81. The van der Waals surface area contributed by atoms with Crippen molar-refractivity contribution in [2.75, 3.05) is 14.2 Å². The molecule has 0 saturated carbocycles. The lowest BCUT2D eigenvalue weighted by Gasteiger charge is -2.11. The number of ether oxygens (including phenoxy) is 2. The predicted molar refractivity (Wildman–Crippen MR) is 85.9 cm³/mol. The van der Waals surface area contributed by atoms with E-state index in [4.69, 9.17) is 14.6 Å². The molecule has 0 saturated heterocycles. The molecule has 6 nitrogen and oxygen atoms in total. The van der Waals surface area contributed by atoms with Gasteiger partial charge in [0.25, 0.3) is 0 Å². The highest BCUT2D eigenvalue weighted by atomic mass is 16.5. The van der Waals surface area contributed by atoms with Crippen LogP contribution in [0.5, 0.6) is 11.5 Å². The Labute approximate surface area is 132 Å². The van der Waals surface area contributed by atoms with Gasteiger partial charge in [-0.3, -0.25) is 9.78 Å². The number of rotatable bonds is 5. The van der Waals surface area contributed by atoms with E-state index in [0.29, 0.717) is 17.2 Å². The molecule has 0 aliphatic heterocycles. The molecule has 0 spiro atoms. The molecule has 2 aromatic heterocycles. The van der Waals surface area contributed by atoms with E-state index in [1.54, 1.807) is 37.2 Å². The maximum Gasteiger partial charge on any atom is 0.323 e. The van der Waals surface area contributed by atoms with Crippen molar-refractivity contribution < 1.29 is 19.4 Å². The first-order valence-corrected chi connectivity index (χ1v) is 7.02. The lowest BCUT2D eigenvalue weighted by Crippen LogP contribution is -2.08. The molecule has 2 heterocycles. The number of methoxy groups -OCH3 is 2. The second-order valence-electron chi connectivity index (χ2n) is 5.00. The average molecular weight is 312 g/mol. The number of hydrogen-bond donors (Lipinski definition) is 1. The van der Waals surface area contributed by atoms with Gasteiger partial charge in [0.05, 0.1) is 25.4 Å². The summed E-state index contributed by atoms with van der Waals surface area (Å²) < 4.78 is 12.3. The van der Waals surface area contributed by atoms with Crippen molar-refractivity contribution in [3.05, 3.63) is 42.7 Å². The van der Waals surface area contributed by atoms with Crippen LogP contribution in [-0.2, 0) is 11.3 Å².